The van der Waals surface area contributed by atoms with Crippen molar-refractivity contribution in [3.8, 4) is 5.75 Å². The highest BCUT2D eigenvalue weighted by molar-refractivity contribution is 6.06. The van der Waals surface area contributed by atoms with E-state index in [0.29, 0.717) is 33.9 Å². The quantitative estimate of drug-likeness (QED) is 0.620. The van der Waals surface area contributed by atoms with Crippen LogP contribution in [0.4, 0.5) is 11.4 Å². The number of carbonyl (C=O) groups is 2. The molecule has 0 radical (unpaired) electrons. The number of amides is 2. The molecule has 2 aromatic carbocycles. The number of hydrogen-bond acceptors (Lipinski definition) is 4. The summed E-state index contributed by atoms with van der Waals surface area (Å²) in [6.07, 6.45) is 0. The second-order valence-corrected chi connectivity index (χ2v) is 6.55. The molecule has 0 aliphatic rings. The lowest BCUT2D eigenvalue weighted by Gasteiger charge is -2.09. The number of ether oxygens (including phenoxy) is 1. The number of anilines is 2. The molecule has 0 unspecified atom stereocenters. The van der Waals surface area contributed by atoms with Crippen molar-refractivity contribution in [2.45, 2.75) is 13.8 Å². The highest BCUT2D eigenvalue weighted by atomic mass is 16.5. The van der Waals surface area contributed by atoms with Gasteiger partial charge in [0.15, 0.2) is 0 Å². The number of carbonyl (C=O) groups excluding carboxylic acids is 2. The van der Waals surface area contributed by atoms with Crippen molar-refractivity contribution in [1.29, 1.82) is 0 Å². The third-order valence-corrected chi connectivity index (χ3v) is 4.35. The van der Waals surface area contributed by atoms with Gasteiger partial charge in [0, 0.05) is 22.6 Å². The van der Waals surface area contributed by atoms with E-state index in [2.05, 4.69) is 15.6 Å². The minimum absolute atomic E-state index is 0.0666. The first kappa shape index (κ1) is 19.9. The van der Waals surface area contributed by atoms with E-state index in [-0.39, 0.29) is 11.5 Å². The third kappa shape index (κ3) is 4.70. The van der Waals surface area contributed by atoms with Gasteiger partial charge in [0.05, 0.1) is 7.11 Å². The van der Waals surface area contributed by atoms with Crippen molar-refractivity contribution in [1.82, 2.24) is 4.98 Å². The molecular weight excluding hydrogens is 370 g/mol. The van der Waals surface area contributed by atoms with Gasteiger partial charge in [-0.3, -0.25) is 14.4 Å². The Labute approximate surface area is 167 Å². The van der Waals surface area contributed by atoms with Crippen molar-refractivity contribution in [3.05, 3.63) is 87.3 Å². The molecule has 3 rings (SSSR count). The summed E-state index contributed by atoms with van der Waals surface area (Å²) >= 11 is 0. The van der Waals surface area contributed by atoms with Gasteiger partial charge in [0.1, 0.15) is 11.3 Å². The Balaban J connectivity index is 1.69. The van der Waals surface area contributed by atoms with Crippen molar-refractivity contribution in [2.24, 2.45) is 0 Å². The van der Waals surface area contributed by atoms with Gasteiger partial charge >= 0.3 is 0 Å². The van der Waals surface area contributed by atoms with Crippen LogP contribution in [-0.2, 0) is 0 Å². The SMILES string of the molecule is COc1ccc(NC(=O)c2ccc(NC(=O)c3c(C)cc(C)[nH]c3=O)cc2)cc1. The van der Waals surface area contributed by atoms with Gasteiger partial charge in [-0.25, -0.2) is 0 Å². The Bertz CT molecular complexity index is 1100. The lowest BCUT2D eigenvalue weighted by Crippen LogP contribution is -2.25. The Kier molecular flexibility index (Phi) is 5.78. The Morgan fingerprint density at radius 2 is 1.41 bits per heavy atom. The molecule has 1 aromatic heterocycles. The highest BCUT2D eigenvalue weighted by Gasteiger charge is 2.15. The van der Waals surface area contributed by atoms with Gasteiger partial charge in [-0.1, -0.05) is 0 Å². The fourth-order valence-corrected chi connectivity index (χ4v) is 2.91. The summed E-state index contributed by atoms with van der Waals surface area (Å²) in [5, 5.41) is 5.47. The predicted molar refractivity (Wildman–Crippen MR) is 112 cm³/mol. The standard InChI is InChI=1S/C22H21N3O4/c1-13-12-14(2)23-21(27)19(13)22(28)25-16-6-4-15(5-7-16)20(26)24-17-8-10-18(29-3)11-9-17/h4-12H,1-3H3,(H,23,27)(H,24,26)(H,25,28). The maximum Gasteiger partial charge on any atom is 0.261 e. The molecule has 0 bridgehead atoms. The fraction of sp³-hybridized carbons (Fsp3) is 0.136. The Morgan fingerprint density at radius 1 is 0.862 bits per heavy atom. The highest BCUT2D eigenvalue weighted by Crippen LogP contribution is 2.17. The minimum atomic E-state index is -0.501. The van der Waals surface area contributed by atoms with Crippen molar-refractivity contribution in [2.75, 3.05) is 17.7 Å². The number of aromatic amines is 1. The number of benzene rings is 2. The van der Waals surface area contributed by atoms with Gasteiger partial charge in [-0.15, -0.1) is 0 Å². The molecule has 3 aromatic rings. The molecule has 0 aliphatic carbocycles. The molecule has 29 heavy (non-hydrogen) atoms. The molecule has 7 nitrogen and oxygen atoms in total. The first-order valence-electron chi connectivity index (χ1n) is 8.94. The van der Waals surface area contributed by atoms with Crippen molar-refractivity contribution < 1.29 is 14.3 Å². The molecule has 0 aliphatic heterocycles. The summed E-state index contributed by atoms with van der Waals surface area (Å²) in [5.41, 5.74) is 2.48. The smallest absolute Gasteiger partial charge is 0.261 e. The van der Waals surface area contributed by atoms with Gasteiger partial charge in [-0.2, -0.15) is 0 Å². The number of H-pyrrole nitrogens is 1. The van der Waals surface area contributed by atoms with E-state index >= 15 is 0 Å². The number of rotatable bonds is 5. The number of aryl methyl sites for hydroxylation is 2. The van der Waals surface area contributed by atoms with Crippen molar-refractivity contribution >= 4 is 23.2 Å². The van der Waals surface area contributed by atoms with Crippen LogP contribution in [0, 0.1) is 13.8 Å². The molecule has 148 valence electrons. The lowest BCUT2D eigenvalue weighted by molar-refractivity contribution is 0.101. The van der Waals surface area contributed by atoms with E-state index in [9.17, 15) is 14.4 Å². The maximum atomic E-state index is 12.5. The Morgan fingerprint density at radius 3 is 1.97 bits per heavy atom. The van der Waals surface area contributed by atoms with E-state index in [1.165, 1.54) is 0 Å². The molecule has 2 amide bonds. The minimum Gasteiger partial charge on any atom is -0.497 e. The van der Waals surface area contributed by atoms with Crippen LogP contribution in [0.15, 0.2) is 59.4 Å². The number of nitrogens with one attached hydrogen (secondary N) is 3. The van der Waals surface area contributed by atoms with E-state index in [4.69, 9.17) is 4.74 Å². The summed E-state index contributed by atoms with van der Waals surface area (Å²) in [6, 6.07) is 15.1. The van der Waals surface area contributed by atoms with Crippen LogP contribution in [0.2, 0.25) is 0 Å². The third-order valence-electron chi connectivity index (χ3n) is 4.35. The van der Waals surface area contributed by atoms with Crippen LogP contribution in [0.25, 0.3) is 0 Å². The van der Waals surface area contributed by atoms with Gasteiger partial charge in [-0.05, 0) is 74.0 Å². The molecule has 7 heteroatoms. The van der Waals surface area contributed by atoms with Crippen molar-refractivity contribution in [3.63, 3.8) is 0 Å². The number of methoxy groups -OCH3 is 1. The van der Waals surface area contributed by atoms with E-state index in [0.717, 1.165) is 0 Å². The largest absolute Gasteiger partial charge is 0.497 e. The predicted octanol–water partition coefficient (Wildman–Crippen LogP) is 3.50. The molecule has 0 atom stereocenters. The molecule has 0 spiro atoms. The summed E-state index contributed by atoms with van der Waals surface area (Å²) < 4.78 is 5.09. The summed E-state index contributed by atoms with van der Waals surface area (Å²) in [5.74, 6) is -0.0798. The van der Waals surface area contributed by atoms with Gasteiger partial charge in [0.25, 0.3) is 17.4 Å². The molecular formula is C22H21N3O4. The second kappa shape index (κ2) is 8.43. The molecule has 0 saturated carbocycles. The van der Waals surface area contributed by atoms with Gasteiger partial charge < -0.3 is 20.4 Å². The van der Waals surface area contributed by atoms with Crippen LogP contribution in [0.5, 0.6) is 5.75 Å². The van der Waals surface area contributed by atoms with E-state index < -0.39 is 11.5 Å². The monoisotopic (exact) mass is 391 g/mol. The molecule has 3 N–H and O–H groups in total. The summed E-state index contributed by atoms with van der Waals surface area (Å²) in [7, 11) is 1.57. The average molecular weight is 391 g/mol. The number of pyridine rings is 1. The zero-order valence-corrected chi connectivity index (χ0v) is 16.3. The van der Waals surface area contributed by atoms with E-state index in [1.54, 1.807) is 75.6 Å². The lowest BCUT2D eigenvalue weighted by atomic mass is 10.1. The summed E-state index contributed by atoms with van der Waals surface area (Å²) in [4.78, 5) is 39.5. The van der Waals surface area contributed by atoms with Crippen LogP contribution in [-0.4, -0.2) is 23.9 Å². The number of hydrogen-bond donors (Lipinski definition) is 3. The first-order chi connectivity index (χ1) is 13.9. The number of aromatic nitrogens is 1. The molecule has 1 heterocycles. The normalized spacial score (nSPS) is 10.3. The van der Waals surface area contributed by atoms with Gasteiger partial charge in [0.2, 0.25) is 0 Å². The van der Waals surface area contributed by atoms with Crippen LogP contribution >= 0.6 is 0 Å². The summed E-state index contributed by atoms with van der Waals surface area (Å²) in [6.45, 7) is 3.47. The fourth-order valence-electron chi connectivity index (χ4n) is 2.91. The van der Waals surface area contributed by atoms with Crippen LogP contribution in [0.3, 0.4) is 0 Å². The van der Waals surface area contributed by atoms with Crippen LogP contribution in [0.1, 0.15) is 32.0 Å². The molecule has 0 saturated heterocycles. The first-order valence-corrected chi connectivity index (χ1v) is 8.94. The molecule has 0 fully saturated rings. The topological polar surface area (TPSA) is 100 Å². The van der Waals surface area contributed by atoms with E-state index in [1.807, 2.05) is 0 Å². The second-order valence-electron chi connectivity index (χ2n) is 6.55. The van der Waals surface area contributed by atoms with Crippen LogP contribution < -0.4 is 20.9 Å². The Hall–Kier alpha value is -3.87. The zero-order chi connectivity index (χ0) is 21.0. The zero-order valence-electron chi connectivity index (χ0n) is 16.3. The average Bonchev–Trinajstić information content (AvgIpc) is 2.68. The maximum absolute atomic E-state index is 12.5.